The van der Waals surface area contributed by atoms with Crippen molar-refractivity contribution >= 4 is 28.6 Å². The molecule has 0 radical (unpaired) electrons. The monoisotopic (exact) mass is 925 g/mol. The van der Waals surface area contributed by atoms with Crippen LogP contribution in [0, 0.1) is 47.7 Å². The Bertz CT molecular complexity index is 2550. The van der Waals surface area contributed by atoms with Gasteiger partial charge in [-0.2, -0.15) is 11.6 Å². The molecule has 3 heterocycles. The number of nitrogens with zero attached hydrogens (tertiary/aromatic N) is 2. The molecule has 7 aliphatic rings. The van der Waals surface area contributed by atoms with Gasteiger partial charge in [0.25, 0.3) is 0 Å². The van der Waals surface area contributed by atoms with E-state index >= 15 is 0 Å². The van der Waals surface area contributed by atoms with Crippen molar-refractivity contribution in [3.63, 3.8) is 0 Å². The van der Waals surface area contributed by atoms with Crippen LogP contribution in [0.4, 0.5) is 0 Å². The standard InChI is InChI=1S/C57H72N4O7/c1-33(63)29-59-30-48-41-7-4-6-36(41)13-19-50-47(48)28-52(61-50)54(65)32-67-56-24-35(11-20-53(56)64)9-14-40-25-39(31-62)55(68-40)8-3-2-5-34-10-15-43(49(58)23-34)45-18-17-42-44(57(45)66)16-12-37-27-51-38(21-22-60-51)26-46(37)42/h11-12,16-18,20-21,24-28,33-34,36,41,43,45,48-49,54-55,57,59,62-66H,2-10,13-15,19,22-23,29-32,58H2,1H3/t33-,34+,36+,41-,43-,45+,48-,49+,54-,55?,57-/m0/s1. The zero-order valence-corrected chi connectivity index (χ0v) is 39.7. The zero-order chi connectivity index (χ0) is 46.9. The fraction of sp³-hybridized carbons (Fsp3) is 0.544. The van der Waals surface area contributed by atoms with Crippen LogP contribution in [0.2, 0.25) is 0 Å². The minimum atomic E-state index is -0.943. The lowest BCUT2D eigenvalue weighted by Gasteiger charge is -2.41. The summed E-state index contributed by atoms with van der Waals surface area (Å²) < 4.78 is 12.5. The van der Waals surface area contributed by atoms with Gasteiger partial charge in [-0.3, -0.25) is 4.99 Å². The zero-order valence-electron chi connectivity index (χ0n) is 39.7. The van der Waals surface area contributed by atoms with Gasteiger partial charge in [0, 0.05) is 44.2 Å². The molecule has 3 aromatic carbocycles. The Morgan fingerprint density at radius 2 is 1.91 bits per heavy atom. The average molecular weight is 925 g/mol. The molecule has 362 valence electrons. The third-order valence-corrected chi connectivity index (χ3v) is 16.6. The van der Waals surface area contributed by atoms with E-state index in [2.05, 4.69) is 58.9 Å². The van der Waals surface area contributed by atoms with Gasteiger partial charge in [0.05, 0.1) is 36.1 Å². The van der Waals surface area contributed by atoms with E-state index in [0.29, 0.717) is 54.8 Å². The number of aromatic hydroxyl groups is 1. The molecule has 3 fully saturated rings. The second-order valence-electron chi connectivity index (χ2n) is 21.1. The molecule has 10 rings (SSSR count). The second kappa shape index (κ2) is 20.9. The fourth-order valence-electron chi connectivity index (χ4n) is 13.0. The first-order valence-corrected chi connectivity index (χ1v) is 25.8. The van der Waals surface area contributed by atoms with E-state index in [4.69, 9.17) is 20.2 Å². The molecule has 0 bridgehead atoms. The van der Waals surface area contributed by atoms with E-state index in [-0.39, 0.29) is 42.9 Å². The number of unbranched alkanes of at least 4 members (excludes halogenated alkanes) is 1. The van der Waals surface area contributed by atoms with Crippen molar-refractivity contribution in [2.75, 3.05) is 32.8 Å². The molecule has 8 N–H and O–H groups in total. The van der Waals surface area contributed by atoms with Crippen molar-refractivity contribution in [1.82, 2.24) is 5.32 Å². The maximum absolute atomic E-state index is 11.7. The smallest absolute Gasteiger partial charge is 0.189 e. The van der Waals surface area contributed by atoms with Crippen molar-refractivity contribution in [3.8, 4) is 11.5 Å². The number of hydrogen-bond donors (Lipinski definition) is 7. The molecule has 0 amide bonds. The Morgan fingerprint density at radius 1 is 1.03 bits per heavy atom. The summed E-state index contributed by atoms with van der Waals surface area (Å²) in [6.45, 7) is 3.81. The summed E-state index contributed by atoms with van der Waals surface area (Å²) in [6, 6.07) is 14.6. The van der Waals surface area contributed by atoms with Crippen molar-refractivity contribution in [2.45, 2.75) is 127 Å². The molecule has 4 aliphatic carbocycles. The largest absolute Gasteiger partial charge is 0.504 e. The van der Waals surface area contributed by atoms with Crippen LogP contribution in [-0.2, 0) is 11.2 Å². The Balaban J connectivity index is 0.662. The Hall–Kier alpha value is -4.46. The fourth-order valence-corrected chi connectivity index (χ4v) is 13.0. The summed E-state index contributed by atoms with van der Waals surface area (Å²) in [6.07, 6.45) is 23.7. The second-order valence-corrected chi connectivity index (χ2v) is 21.1. The van der Waals surface area contributed by atoms with Crippen LogP contribution in [0.5, 0.6) is 11.5 Å². The van der Waals surface area contributed by atoms with Crippen molar-refractivity contribution in [1.29, 1.82) is 0 Å². The molecule has 0 spiro atoms. The van der Waals surface area contributed by atoms with Crippen LogP contribution in [0.1, 0.15) is 113 Å². The van der Waals surface area contributed by atoms with E-state index in [1.54, 1.807) is 13.0 Å². The highest BCUT2D eigenvalue weighted by Crippen LogP contribution is 2.48. The molecule has 11 heteroatoms. The van der Waals surface area contributed by atoms with E-state index in [0.717, 1.165) is 116 Å². The van der Waals surface area contributed by atoms with Crippen LogP contribution >= 0.6 is 0 Å². The number of hydrogen-bond acceptors (Lipinski definition) is 11. The van der Waals surface area contributed by atoms with Gasteiger partial charge < -0.3 is 46.1 Å². The number of benzene rings is 3. The third kappa shape index (κ3) is 10.1. The number of aliphatic hydroxyl groups is 4. The number of rotatable bonds is 18. The van der Waals surface area contributed by atoms with E-state index in [9.17, 15) is 25.5 Å². The normalized spacial score (nSPS) is 29.3. The number of nitrogens with one attached hydrogen (secondary N) is 1. The number of aryl methyl sites for hydroxylation is 1. The molecular weight excluding hydrogens is 853 g/mol. The molecule has 11 nitrogen and oxygen atoms in total. The summed E-state index contributed by atoms with van der Waals surface area (Å²) in [5.41, 5.74) is 13.2. The molecule has 3 saturated carbocycles. The topological polar surface area (TPSA) is 182 Å². The maximum atomic E-state index is 11.7. The van der Waals surface area contributed by atoms with Crippen LogP contribution < -0.4 is 26.4 Å². The number of aliphatic imine (C=N–C) groups is 1. The predicted molar refractivity (Wildman–Crippen MR) is 267 cm³/mol. The number of phenolic OH excluding ortho intramolecular Hbond substituents is 1. The van der Waals surface area contributed by atoms with Crippen LogP contribution in [0.25, 0.3) is 22.9 Å². The van der Waals surface area contributed by atoms with E-state index < -0.39 is 18.3 Å². The maximum Gasteiger partial charge on any atom is 0.189 e. The lowest BCUT2D eigenvalue weighted by molar-refractivity contribution is 0.0649. The minimum Gasteiger partial charge on any atom is -0.504 e. The van der Waals surface area contributed by atoms with Gasteiger partial charge in [-0.25, -0.2) is 0 Å². The number of fused-ring (bicyclic) bond motifs is 6. The molecule has 1 unspecified atom stereocenters. The number of aliphatic hydroxyl groups excluding tert-OH is 4. The third-order valence-electron chi connectivity index (χ3n) is 16.6. The van der Waals surface area contributed by atoms with Gasteiger partial charge in [-0.1, -0.05) is 87.5 Å². The highest BCUT2D eigenvalue weighted by atomic mass is 16.5. The number of nitrogens with two attached hydrogens (primary N) is 1. The van der Waals surface area contributed by atoms with Gasteiger partial charge in [0.15, 0.2) is 29.4 Å². The first-order valence-electron chi connectivity index (χ1n) is 25.8. The summed E-state index contributed by atoms with van der Waals surface area (Å²) in [5.74, 6) is 2.75. The van der Waals surface area contributed by atoms with E-state index in [1.165, 1.54) is 35.4 Å². The molecule has 3 aromatic rings. The predicted octanol–water partition coefficient (Wildman–Crippen LogP) is 6.87. The van der Waals surface area contributed by atoms with Gasteiger partial charge in [0.1, 0.15) is 12.2 Å². The Labute approximate surface area is 401 Å². The van der Waals surface area contributed by atoms with Crippen molar-refractivity contribution in [3.05, 3.63) is 111 Å². The average Bonchev–Trinajstić information content (AvgIpc) is 4.16. The Morgan fingerprint density at radius 3 is 2.76 bits per heavy atom. The first-order chi connectivity index (χ1) is 33.1. The minimum absolute atomic E-state index is 0.0127. The van der Waals surface area contributed by atoms with Crippen molar-refractivity contribution in [2.24, 2.45) is 51.2 Å². The number of phenols is 1. The molecule has 0 aromatic heterocycles. The van der Waals surface area contributed by atoms with Crippen LogP contribution in [-0.4, -0.2) is 88.4 Å². The lowest BCUT2D eigenvalue weighted by atomic mass is 9.67. The number of ether oxygens (including phenoxy) is 2. The Kier molecular flexibility index (Phi) is 14.5. The summed E-state index contributed by atoms with van der Waals surface area (Å²) in [7, 11) is 0. The van der Waals surface area contributed by atoms with Gasteiger partial charge >= 0.3 is 0 Å². The summed E-state index contributed by atoms with van der Waals surface area (Å²) in [4.78, 5) is 9.53. The molecule has 68 heavy (non-hydrogen) atoms. The molecular formula is C57H72N4O7. The van der Waals surface area contributed by atoms with Crippen LogP contribution in [0.15, 0.2) is 81.8 Å². The lowest BCUT2D eigenvalue weighted by Crippen LogP contribution is -2.42. The quantitative estimate of drug-likeness (QED) is 0.0529. The highest BCUT2D eigenvalue weighted by molar-refractivity contribution is 6.04. The molecule has 11 atom stereocenters. The van der Waals surface area contributed by atoms with Crippen molar-refractivity contribution < 1.29 is 35.0 Å². The van der Waals surface area contributed by atoms with Crippen LogP contribution in [0.3, 0.4) is 0 Å². The summed E-state index contributed by atoms with van der Waals surface area (Å²) in [5, 5.41) is 61.9. The van der Waals surface area contributed by atoms with Gasteiger partial charge in [-0.05, 0) is 126 Å². The van der Waals surface area contributed by atoms with Gasteiger partial charge in [-0.15, -0.1) is 4.99 Å². The highest BCUT2D eigenvalue weighted by Gasteiger charge is 2.47. The van der Waals surface area contributed by atoms with Gasteiger partial charge in [0.2, 0.25) is 0 Å². The van der Waals surface area contributed by atoms with E-state index in [1.807, 2.05) is 18.2 Å². The SMILES string of the molecule is C[C@H](O)CNC[C@@H]1C2=C[C+]([C@@H](O)COc3cc(CC[C-]4C=C(CO)C(CCCC[C@@H]5CC[C@@H]([C@H]6C=Cc7c(ccc8cc9c(cc78)=CCN=9)[C@@H]6O)[C@H](N)C5)O4)ccc3O)N=C2CC[C@H]2CCC[C@@H]21. The first kappa shape index (κ1) is 47.2. The molecule has 0 saturated heterocycles. The molecule has 3 aliphatic heterocycles. The summed E-state index contributed by atoms with van der Waals surface area (Å²) >= 11 is 0.